The van der Waals surface area contributed by atoms with Crippen LogP contribution in [0.1, 0.15) is 58.8 Å². The molecule has 2 unspecified atom stereocenters. The van der Waals surface area contributed by atoms with Crippen molar-refractivity contribution < 1.29 is 5.11 Å². The zero-order chi connectivity index (χ0) is 13.4. The highest BCUT2D eigenvalue weighted by molar-refractivity contribution is 4.98. The summed E-state index contributed by atoms with van der Waals surface area (Å²) >= 11 is 0. The molecule has 2 saturated carbocycles. The van der Waals surface area contributed by atoms with Crippen molar-refractivity contribution in [2.24, 2.45) is 11.1 Å². The van der Waals surface area contributed by atoms with Gasteiger partial charge >= 0.3 is 0 Å². The lowest BCUT2D eigenvalue weighted by Crippen LogP contribution is -2.46. The summed E-state index contributed by atoms with van der Waals surface area (Å²) in [6, 6.07) is 1.30. The fourth-order valence-corrected chi connectivity index (χ4v) is 3.71. The molecule has 0 aromatic rings. The maximum atomic E-state index is 9.36. The molecule has 2 aliphatic rings. The first-order valence-corrected chi connectivity index (χ1v) is 7.47. The fraction of sp³-hybridized carbons (Fsp3) is 1.00. The van der Waals surface area contributed by atoms with E-state index in [1.165, 1.54) is 25.7 Å². The van der Waals surface area contributed by atoms with Crippen LogP contribution in [0.5, 0.6) is 0 Å². The monoisotopic (exact) mass is 254 g/mol. The van der Waals surface area contributed by atoms with Crippen LogP contribution in [0.15, 0.2) is 0 Å². The highest BCUT2D eigenvalue weighted by Crippen LogP contribution is 2.39. The van der Waals surface area contributed by atoms with Crippen LogP contribution in [0.4, 0.5) is 0 Å². The number of hydrogen-bond donors (Lipinski definition) is 2. The van der Waals surface area contributed by atoms with Crippen LogP contribution in [0.25, 0.3) is 0 Å². The molecule has 3 N–H and O–H groups in total. The number of nitrogens with two attached hydrogens (primary N) is 1. The smallest absolute Gasteiger partial charge is 0.0611 e. The predicted molar refractivity (Wildman–Crippen MR) is 75.4 cm³/mol. The van der Waals surface area contributed by atoms with Gasteiger partial charge in [0.1, 0.15) is 0 Å². The Morgan fingerprint density at radius 3 is 2.17 bits per heavy atom. The van der Waals surface area contributed by atoms with Gasteiger partial charge in [-0.15, -0.1) is 0 Å². The lowest BCUT2D eigenvalue weighted by Gasteiger charge is -2.41. The summed E-state index contributed by atoms with van der Waals surface area (Å²) in [5, 5.41) is 9.36. The molecular formula is C15H30N2O. The van der Waals surface area contributed by atoms with Gasteiger partial charge in [0.15, 0.2) is 0 Å². The molecule has 0 heterocycles. The van der Waals surface area contributed by atoms with Crippen molar-refractivity contribution in [3.63, 3.8) is 0 Å². The molecule has 106 valence electrons. The van der Waals surface area contributed by atoms with E-state index in [1.807, 2.05) is 0 Å². The van der Waals surface area contributed by atoms with Crippen LogP contribution in [-0.4, -0.2) is 41.3 Å². The van der Waals surface area contributed by atoms with Gasteiger partial charge in [-0.2, -0.15) is 0 Å². The van der Waals surface area contributed by atoms with Gasteiger partial charge in [-0.05, 0) is 57.4 Å². The second kappa shape index (κ2) is 5.10. The molecule has 2 atom stereocenters. The number of hydrogen-bond acceptors (Lipinski definition) is 3. The Balaban J connectivity index is 1.87. The standard InChI is InChI=1S/C15H30N2O/c1-14(2)7-4-12(5-8-14)17(3)13-6-9-15(16,10-13)11-18/h12-13,18H,4-11,16H2,1-3H3. The summed E-state index contributed by atoms with van der Waals surface area (Å²) < 4.78 is 0. The first-order valence-electron chi connectivity index (χ1n) is 7.47. The number of nitrogens with zero attached hydrogens (tertiary/aromatic N) is 1. The van der Waals surface area contributed by atoms with Crippen molar-refractivity contribution in [3.8, 4) is 0 Å². The van der Waals surface area contributed by atoms with Gasteiger partial charge in [0.2, 0.25) is 0 Å². The molecule has 3 nitrogen and oxygen atoms in total. The Morgan fingerprint density at radius 2 is 1.67 bits per heavy atom. The van der Waals surface area contributed by atoms with E-state index in [9.17, 15) is 5.11 Å². The van der Waals surface area contributed by atoms with Crippen LogP contribution >= 0.6 is 0 Å². The minimum Gasteiger partial charge on any atom is -0.394 e. The van der Waals surface area contributed by atoms with Gasteiger partial charge < -0.3 is 15.7 Å². The van der Waals surface area contributed by atoms with E-state index in [1.54, 1.807) is 0 Å². The van der Waals surface area contributed by atoms with Crippen LogP contribution in [0.2, 0.25) is 0 Å². The average Bonchev–Trinajstić information content (AvgIpc) is 2.72. The predicted octanol–water partition coefficient (Wildman–Crippen LogP) is 2.13. The molecule has 0 radical (unpaired) electrons. The Labute approximate surface area is 112 Å². The molecule has 0 amide bonds. The molecule has 2 fully saturated rings. The second-order valence-electron chi connectivity index (χ2n) is 7.48. The third kappa shape index (κ3) is 3.06. The molecular weight excluding hydrogens is 224 g/mol. The van der Waals surface area contributed by atoms with E-state index < -0.39 is 0 Å². The average molecular weight is 254 g/mol. The maximum Gasteiger partial charge on any atom is 0.0611 e. The number of rotatable bonds is 3. The molecule has 0 saturated heterocycles. The summed E-state index contributed by atoms with van der Waals surface area (Å²) in [5.74, 6) is 0. The first-order chi connectivity index (χ1) is 8.35. The van der Waals surface area contributed by atoms with Crippen molar-refractivity contribution in [2.45, 2.75) is 76.4 Å². The summed E-state index contributed by atoms with van der Waals surface area (Å²) in [5.41, 5.74) is 6.41. The van der Waals surface area contributed by atoms with Crippen LogP contribution < -0.4 is 5.73 Å². The summed E-state index contributed by atoms with van der Waals surface area (Å²) in [6.45, 7) is 4.90. The molecule has 18 heavy (non-hydrogen) atoms. The molecule has 2 rings (SSSR count). The van der Waals surface area contributed by atoms with Gasteiger partial charge in [-0.3, -0.25) is 0 Å². The summed E-state index contributed by atoms with van der Waals surface area (Å²) in [4.78, 5) is 2.56. The SMILES string of the molecule is CN(C1CCC(C)(C)CC1)C1CCC(N)(CO)C1. The normalized spacial score (nSPS) is 37.3. The first kappa shape index (κ1) is 14.3. The molecule has 0 spiro atoms. The second-order valence-corrected chi connectivity index (χ2v) is 7.48. The molecule has 3 heteroatoms. The van der Waals surface area contributed by atoms with Gasteiger partial charge in [0, 0.05) is 17.6 Å². The molecule has 0 aromatic carbocycles. The Bertz CT molecular complexity index is 282. The molecule has 0 aromatic heterocycles. The maximum absolute atomic E-state index is 9.36. The minimum atomic E-state index is -0.313. The fourth-order valence-electron chi connectivity index (χ4n) is 3.71. The van der Waals surface area contributed by atoms with Crippen molar-refractivity contribution in [3.05, 3.63) is 0 Å². The third-order valence-electron chi connectivity index (χ3n) is 5.39. The highest BCUT2D eigenvalue weighted by Gasteiger charge is 2.39. The topological polar surface area (TPSA) is 49.5 Å². The van der Waals surface area contributed by atoms with Crippen LogP contribution in [0.3, 0.4) is 0 Å². The summed E-state index contributed by atoms with van der Waals surface area (Å²) in [6.07, 6.45) is 8.38. The van der Waals surface area contributed by atoms with Gasteiger partial charge in [-0.1, -0.05) is 13.8 Å². The van der Waals surface area contributed by atoms with E-state index in [0.29, 0.717) is 11.5 Å². The highest BCUT2D eigenvalue weighted by atomic mass is 16.3. The van der Waals surface area contributed by atoms with Crippen molar-refractivity contribution in [1.29, 1.82) is 0 Å². The van der Waals surface area contributed by atoms with Crippen molar-refractivity contribution in [2.75, 3.05) is 13.7 Å². The quantitative estimate of drug-likeness (QED) is 0.811. The zero-order valence-corrected chi connectivity index (χ0v) is 12.3. The minimum absolute atomic E-state index is 0.134. The third-order valence-corrected chi connectivity index (χ3v) is 5.39. The van der Waals surface area contributed by atoms with E-state index in [2.05, 4.69) is 25.8 Å². The van der Waals surface area contributed by atoms with E-state index in [-0.39, 0.29) is 12.1 Å². The van der Waals surface area contributed by atoms with Gasteiger partial charge in [0.05, 0.1) is 6.61 Å². The zero-order valence-electron chi connectivity index (χ0n) is 12.3. The van der Waals surface area contributed by atoms with E-state index in [0.717, 1.165) is 25.3 Å². The lowest BCUT2D eigenvalue weighted by molar-refractivity contribution is 0.0907. The van der Waals surface area contributed by atoms with Crippen LogP contribution in [-0.2, 0) is 0 Å². The van der Waals surface area contributed by atoms with Crippen molar-refractivity contribution >= 4 is 0 Å². The van der Waals surface area contributed by atoms with Gasteiger partial charge in [-0.25, -0.2) is 0 Å². The van der Waals surface area contributed by atoms with E-state index >= 15 is 0 Å². The Morgan fingerprint density at radius 1 is 1.11 bits per heavy atom. The van der Waals surface area contributed by atoms with Crippen LogP contribution in [0, 0.1) is 5.41 Å². The number of aliphatic hydroxyl groups is 1. The summed E-state index contributed by atoms with van der Waals surface area (Å²) in [7, 11) is 2.26. The van der Waals surface area contributed by atoms with Gasteiger partial charge in [0.25, 0.3) is 0 Å². The Kier molecular flexibility index (Phi) is 4.05. The largest absolute Gasteiger partial charge is 0.394 e. The van der Waals surface area contributed by atoms with Crippen molar-refractivity contribution in [1.82, 2.24) is 4.90 Å². The number of aliphatic hydroxyl groups excluding tert-OH is 1. The lowest BCUT2D eigenvalue weighted by atomic mass is 9.75. The molecule has 2 aliphatic carbocycles. The van der Waals surface area contributed by atoms with E-state index in [4.69, 9.17) is 5.73 Å². The molecule has 0 bridgehead atoms. The Hall–Kier alpha value is -0.120. The molecule has 0 aliphatic heterocycles.